The van der Waals surface area contributed by atoms with Crippen LogP contribution in [0.15, 0.2) is 28.6 Å². The summed E-state index contributed by atoms with van der Waals surface area (Å²) in [5.41, 5.74) is 2.22. The van der Waals surface area contributed by atoms with E-state index in [0.717, 1.165) is 28.6 Å². The van der Waals surface area contributed by atoms with Gasteiger partial charge >= 0.3 is 0 Å². The van der Waals surface area contributed by atoms with Crippen molar-refractivity contribution in [2.75, 3.05) is 5.75 Å². The predicted octanol–water partition coefficient (Wildman–Crippen LogP) is 4.05. The lowest BCUT2D eigenvalue weighted by molar-refractivity contribution is -0.119. The number of hydrogen-bond donors (Lipinski definition) is 1. The van der Waals surface area contributed by atoms with E-state index in [0.29, 0.717) is 11.8 Å². The summed E-state index contributed by atoms with van der Waals surface area (Å²) < 4.78 is 5.25. The van der Waals surface area contributed by atoms with E-state index in [1.807, 2.05) is 12.1 Å². The Hall–Kier alpha value is -1.40. The summed E-state index contributed by atoms with van der Waals surface area (Å²) in [4.78, 5) is 16.6. The molecule has 1 saturated carbocycles. The minimum atomic E-state index is 0.106. The zero-order chi connectivity index (χ0) is 16.1. The van der Waals surface area contributed by atoms with E-state index in [9.17, 15) is 4.79 Å². The van der Waals surface area contributed by atoms with Crippen molar-refractivity contribution in [2.24, 2.45) is 0 Å². The van der Waals surface area contributed by atoms with E-state index >= 15 is 0 Å². The summed E-state index contributed by atoms with van der Waals surface area (Å²) in [7, 11) is 0. The molecule has 0 bridgehead atoms. The number of benzene rings is 1. The first-order chi connectivity index (χ1) is 11.2. The van der Waals surface area contributed by atoms with Gasteiger partial charge in [-0.2, -0.15) is 4.37 Å². The van der Waals surface area contributed by atoms with Gasteiger partial charge in [0.2, 0.25) is 5.91 Å². The van der Waals surface area contributed by atoms with Crippen LogP contribution in [0, 0.1) is 6.92 Å². The normalized spacial score (nSPS) is 15.5. The number of aryl methyl sites for hydroxylation is 1. The van der Waals surface area contributed by atoms with Crippen LogP contribution in [0.3, 0.4) is 0 Å². The average Bonchev–Trinajstić information content (AvgIpc) is 3.03. The molecule has 1 aromatic heterocycles. The van der Waals surface area contributed by atoms with Gasteiger partial charge in [-0.15, -0.1) is 0 Å². The van der Waals surface area contributed by atoms with Crippen molar-refractivity contribution >= 4 is 29.2 Å². The third-order valence-electron chi connectivity index (χ3n) is 3.98. The second-order valence-corrected chi connectivity index (χ2v) is 7.92. The molecule has 3 rings (SSSR count). The van der Waals surface area contributed by atoms with E-state index in [2.05, 4.69) is 33.7 Å². The molecule has 1 aromatic carbocycles. The summed E-state index contributed by atoms with van der Waals surface area (Å²) in [6, 6.07) is 8.53. The topological polar surface area (TPSA) is 54.9 Å². The second-order valence-electron chi connectivity index (χ2n) is 5.94. The van der Waals surface area contributed by atoms with Crippen LogP contribution in [0.4, 0.5) is 0 Å². The maximum atomic E-state index is 12.0. The lowest BCUT2D eigenvalue weighted by atomic mass is 9.95. The van der Waals surface area contributed by atoms with Crippen molar-refractivity contribution in [3.8, 4) is 11.4 Å². The SMILES string of the molecule is Cc1cccc(-c2nsc(SCC(=O)NC3CCCCC3)n2)c1. The van der Waals surface area contributed by atoms with Gasteiger partial charge in [0.15, 0.2) is 10.2 Å². The summed E-state index contributed by atoms with van der Waals surface area (Å²) >= 11 is 2.83. The second kappa shape index (κ2) is 7.93. The minimum absolute atomic E-state index is 0.106. The molecule has 122 valence electrons. The monoisotopic (exact) mass is 347 g/mol. The molecule has 1 amide bonds. The van der Waals surface area contributed by atoms with Crippen LogP contribution in [0.25, 0.3) is 11.4 Å². The lowest BCUT2D eigenvalue weighted by Gasteiger charge is -2.22. The van der Waals surface area contributed by atoms with Crippen molar-refractivity contribution in [1.82, 2.24) is 14.7 Å². The first-order valence-electron chi connectivity index (χ1n) is 8.03. The van der Waals surface area contributed by atoms with Gasteiger partial charge in [-0.25, -0.2) is 4.98 Å². The Morgan fingerprint density at radius 3 is 2.96 bits per heavy atom. The number of aromatic nitrogens is 2. The van der Waals surface area contributed by atoms with Gasteiger partial charge < -0.3 is 5.32 Å². The van der Waals surface area contributed by atoms with Crippen LogP contribution < -0.4 is 5.32 Å². The molecule has 6 heteroatoms. The number of thioether (sulfide) groups is 1. The fraction of sp³-hybridized carbons (Fsp3) is 0.471. The Balaban J connectivity index is 1.52. The van der Waals surface area contributed by atoms with Crippen LogP contribution in [0.2, 0.25) is 0 Å². The molecule has 2 aromatic rings. The predicted molar refractivity (Wildman–Crippen MR) is 95.8 cm³/mol. The highest BCUT2D eigenvalue weighted by Gasteiger charge is 2.16. The van der Waals surface area contributed by atoms with E-state index in [1.165, 1.54) is 48.1 Å². The zero-order valence-electron chi connectivity index (χ0n) is 13.2. The van der Waals surface area contributed by atoms with Gasteiger partial charge in [0.05, 0.1) is 5.75 Å². The van der Waals surface area contributed by atoms with E-state index in [4.69, 9.17) is 0 Å². The minimum Gasteiger partial charge on any atom is -0.353 e. The number of carbonyl (C=O) groups is 1. The van der Waals surface area contributed by atoms with Gasteiger partial charge in [0, 0.05) is 11.6 Å². The number of rotatable bonds is 5. The van der Waals surface area contributed by atoms with Gasteiger partial charge in [0.1, 0.15) is 0 Å². The zero-order valence-corrected chi connectivity index (χ0v) is 14.9. The summed E-state index contributed by atoms with van der Waals surface area (Å²) in [5, 5.41) is 3.13. The fourth-order valence-electron chi connectivity index (χ4n) is 2.81. The van der Waals surface area contributed by atoms with Crippen LogP contribution in [-0.4, -0.2) is 27.1 Å². The molecule has 0 atom stereocenters. The highest BCUT2D eigenvalue weighted by molar-refractivity contribution is 8.01. The molecule has 0 unspecified atom stereocenters. The number of nitrogens with zero attached hydrogens (tertiary/aromatic N) is 2. The molecule has 0 aliphatic heterocycles. The quantitative estimate of drug-likeness (QED) is 0.829. The largest absolute Gasteiger partial charge is 0.353 e. The van der Waals surface area contributed by atoms with Crippen LogP contribution in [-0.2, 0) is 4.79 Å². The molecule has 0 saturated heterocycles. The maximum Gasteiger partial charge on any atom is 0.230 e. The van der Waals surface area contributed by atoms with Crippen molar-refractivity contribution in [3.63, 3.8) is 0 Å². The fourth-order valence-corrected chi connectivity index (χ4v) is 4.24. The molecular formula is C17H21N3OS2. The van der Waals surface area contributed by atoms with Crippen LogP contribution >= 0.6 is 23.3 Å². The molecule has 0 radical (unpaired) electrons. The average molecular weight is 348 g/mol. The lowest BCUT2D eigenvalue weighted by Crippen LogP contribution is -2.37. The number of nitrogens with one attached hydrogen (secondary N) is 1. The van der Waals surface area contributed by atoms with Crippen LogP contribution in [0.5, 0.6) is 0 Å². The van der Waals surface area contributed by atoms with E-state index < -0.39 is 0 Å². The van der Waals surface area contributed by atoms with Crippen molar-refractivity contribution < 1.29 is 4.79 Å². The first kappa shape index (κ1) is 16.5. The Kier molecular flexibility index (Phi) is 5.67. The highest BCUT2D eigenvalue weighted by atomic mass is 32.2. The molecule has 1 N–H and O–H groups in total. The Bertz CT molecular complexity index is 665. The summed E-state index contributed by atoms with van der Waals surface area (Å²) in [6.07, 6.45) is 6.00. The molecule has 1 aliphatic rings. The first-order valence-corrected chi connectivity index (χ1v) is 9.79. The van der Waals surface area contributed by atoms with E-state index in [1.54, 1.807) is 0 Å². The Labute approximate surface area is 145 Å². The van der Waals surface area contributed by atoms with Gasteiger partial charge in [-0.1, -0.05) is 54.8 Å². The van der Waals surface area contributed by atoms with Crippen molar-refractivity contribution in [2.45, 2.75) is 49.4 Å². The molecule has 1 heterocycles. The third-order valence-corrected chi connectivity index (χ3v) is 5.81. The van der Waals surface area contributed by atoms with Crippen LogP contribution in [0.1, 0.15) is 37.7 Å². The maximum absolute atomic E-state index is 12.0. The molecule has 1 fully saturated rings. The molecular weight excluding hydrogens is 326 g/mol. The molecule has 1 aliphatic carbocycles. The molecule has 4 nitrogen and oxygen atoms in total. The van der Waals surface area contributed by atoms with Crippen molar-refractivity contribution in [1.29, 1.82) is 0 Å². The standard InChI is InChI=1S/C17H21N3OS2/c1-12-6-5-7-13(10-12)16-19-17(23-20-16)22-11-15(21)18-14-8-3-2-4-9-14/h5-7,10,14H,2-4,8-9,11H2,1H3,(H,18,21). The Morgan fingerprint density at radius 1 is 1.35 bits per heavy atom. The number of amides is 1. The van der Waals surface area contributed by atoms with Gasteiger partial charge in [0.25, 0.3) is 0 Å². The van der Waals surface area contributed by atoms with Gasteiger partial charge in [-0.3, -0.25) is 4.79 Å². The van der Waals surface area contributed by atoms with Crippen molar-refractivity contribution in [3.05, 3.63) is 29.8 Å². The van der Waals surface area contributed by atoms with Gasteiger partial charge in [-0.05, 0) is 37.4 Å². The Morgan fingerprint density at radius 2 is 2.17 bits per heavy atom. The smallest absolute Gasteiger partial charge is 0.230 e. The summed E-state index contributed by atoms with van der Waals surface area (Å²) in [5.74, 6) is 1.27. The number of hydrogen-bond acceptors (Lipinski definition) is 5. The molecule has 23 heavy (non-hydrogen) atoms. The third kappa shape index (κ3) is 4.78. The highest BCUT2D eigenvalue weighted by Crippen LogP contribution is 2.25. The molecule has 0 spiro atoms. The number of carbonyl (C=O) groups excluding carboxylic acids is 1. The van der Waals surface area contributed by atoms with E-state index in [-0.39, 0.29) is 5.91 Å². The summed E-state index contributed by atoms with van der Waals surface area (Å²) in [6.45, 7) is 2.06.